The highest BCUT2D eigenvalue weighted by Gasteiger charge is 2.20. The molecule has 1 aromatic heterocycles. The van der Waals surface area contributed by atoms with Crippen LogP contribution in [0.15, 0.2) is 60.4 Å². The number of fused-ring (bicyclic) bond motifs is 1. The summed E-state index contributed by atoms with van der Waals surface area (Å²) in [7, 11) is 3.53. The van der Waals surface area contributed by atoms with Crippen LogP contribution in [0.4, 0.5) is 0 Å². The number of ether oxygens (including phenoxy) is 1. The van der Waals surface area contributed by atoms with Gasteiger partial charge in [0.25, 0.3) is 11.8 Å². The second-order valence-corrected chi connectivity index (χ2v) is 6.93. The molecule has 0 spiro atoms. The first kappa shape index (κ1) is 21.2. The zero-order valence-corrected chi connectivity index (χ0v) is 17.8. The van der Waals surface area contributed by atoms with Gasteiger partial charge in [-0.25, -0.2) is 0 Å². The Morgan fingerprint density at radius 2 is 1.73 bits per heavy atom. The van der Waals surface area contributed by atoms with E-state index >= 15 is 0 Å². The Morgan fingerprint density at radius 3 is 2.37 bits per heavy atom. The van der Waals surface area contributed by atoms with Gasteiger partial charge in [-0.1, -0.05) is 18.2 Å². The van der Waals surface area contributed by atoms with Gasteiger partial charge in [0.1, 0.15) is 11.4 Å². The number of likely N-dealkylation sites (N-methyl/N-ethyl adjacent to an activating group) is 1. The molecule has 30 heavy (non-hydrogen) atoms. The van der Waals surface area contributed by atoms with E-state index in [0.717, 1.165) is 16.5 Å². The van der Waals surface area contributed by atoms with Crippen molar-refractivity contribution in [3.05, 3.63) is 71.6 Å². The number of carbonyl (C=O) groups excluding carboxylic acids is 2. The van der Waals surface area contributed by atoms with Crippen LogP contribution in [0.25, 0.3) is 17.0 Å². The molecule has 2 amide bonds. The van der Waals surface area contributed by atoms with Gasteiger partial charge in [0.05, 0.1) is 7.11 Å². The normalized spacial score (nSPS) is 11.4. The lowest BCUT2D eigenvalue weighted by atomic mass is 10.1. The quantitative estimate of drug-likeness (QED) is 0.608. The first-order valence-electron chi connectivity index (χ1n) is 9.98. The maximum atomic E-state index is 13.1. The van der Waals surface area contributed by atoms with Gasteiger partial charge in [0, 0.05) is 48.4 Å². The van der Waals surface area contributed by atoms with Crippen molar-refractivity contribution in [2.45, 2.75) is 13.8 Å². The van der Waals surface area contributed by atoms with E-state index in [4.69, 9.17) is 4.74 Å². The van der Waals surface area contributed by atoms with Crippen LogP contribution in [-0.4, -0.2) is 41.5 Å². The van der Waals surface area contributed by atoms with E-state index in [1.54, 1.807) is 42.4 Å². The molecule has 2 aromatic carbocycles. The van der Waals surface area contributed by atoms with Crippen LogP contribution in [0.2, 0.25) is 0 Å². The van der Waals surface area contributed by atoms with Crippen LogP contribution in [0.5, 0.6) is 5.75 Å². The standard InChI is InChI=1S/C24H27N3O3/c1-5-27(6-2)24(29)21(25-23(28)17-11-13-19(30-4)14-12-17)15-18-16-26(3)22-10-8-7-9-20(18)22/h7-16H,5-6H2,1-4H3,(H,25,28)/b21-15-. The summed E-state index contributed by atoms with van der Waals surface area (Å²) < 4.78 is 7.15. The second kappa shape index (κ2) is 9.31. The Morgan fingerprint density at radius 1 is 1.07 bits per heavy atom. The van der Waals surface area contributed by atoms with Gasteiger partial charge in [0.15, 0.2) is 0 Å². The molecule has 0 saturated heterocycles. The fraction of sp³-hybridized carbons (Fsp3) is 0.250. The van der Waals surface area contributed by atoms with Crippen LogP contribution in [0.3, 0.4) is 0 Å². The largest absolute Gasteiger partial charge is 0.497 e. The molecule has 0 aliphatic heterocycles. The number of para-hydroxylation sites is 1. The van der Waals surface area contributed by atoms with Gasteiger partial charge >= 0.3 is 0 Å². The Hall–Kier alpha value is -3.54. The van der Waals surface area contributed by atoms with E-state index in [2.05, 4.69) is 5.32 Å². The SMILES string of the molecule is CCN(CC)C(=O)/C(=C/c1cn(C)c2ccccc12)NC(=O)c1ccc(OC)cc1. The first-order valence-corrected chi connectivity index (χ1v) is 9.98. The van der Waals surface area contributed by atoms with Gasteiger partial charge in [-0.15, -0.1) is 0 Å². The molecule has 1 N–H and O–H groups in total. The van der Waals surface area contributed by atoms with E-state index in [9.17, 15) is 9.59 Å². The number of methoxy groups -OCH3 is 1. The van der Waals surface area contributed by atoms with Gasteiger partial charge in [0.2, 0.25) is 0 Å². The highest BCUT2D eigenvalue weighted by Crippen LogP contribution is 2.23. The summed E-state index contributed by atoms with van der Waals surface area (Å²) in [5.74, 6) is 0.108. The molecule has 0 aliphatic carbocycles. The molecule has 3 aromatic rings. The summed E-state index contributed by atoms with van der Waals surface area (Å²) in [4.78, 5) is 27.7. The monoisotopic (exact) mass is 405 g/mol. The fourth-order valence-corrected chi connectivity index (χ4v) is 3.41. The number of nitrogens with zero attached hydrogens (tertiary/aromatic N) is 2. The number of rotatable bonds is 7. The summed E-state index contributed by atoms with van der Waals surface area (Å²) in [6, 6.07) is 14.7. The Balaban J connectivity index is 2.00. The van der Waals surface area contributed by atoms with Crippen LogP contribution < -0.4 is 10.1 Å². The van der Waals surface area contributed by atoms with Gasteiger partial charge < -0.3 is 19.5 Å². The van der Waals surface area contributed by atoms with E-state index in [-0.39, 0.29) is 17.5 Å². The molecule has 6 nitrogen and oxygen atoms in total. The third kappa shape index (κ3) is 4.38. The summed E-state index contributed by atoms with van der Waals surface area (Å²) in [5.41, 5.74) is 2.63. The minimum Gasteiger partial charge on any atom is -0.497 e. The number of nitrogens with one attached hydrogen (secondary N) is 1. The Kier molecular flexibility index (Phi) is 6.57. The highest BCUT2D eigenvalue weighted by molar-refractivity contribution is 6.06. The van der Waals surface area contributed by atoms with Crippen molar-refractivity contribution in [2.24, 2.45) is 7.05 Å². The Bertz CT molecular complexity index is 1080. The molecular formula is C24H27N3O3. The molecule has 0 saturated carbocycles. The first-order chi connectivity index (χ1) is 14.5. The lowest BCUT2D eigenvalue weighted by Crippen LogP contribution is -2.38. The van der Waals surface area contributed by atoms with Crippen molar-refractivity contribution < 1.29 is 14.3 Å². The molecule has 3 rings (SSSR count). The van der Waals surface area contributed by atoms with Gasteiger partial charge in [-0.3, -0.25) is 9.59 Å². The molecular weight excluding hydrogens is 378 g/mol. The molecule has 0 unspecified atom stereocenters. The highest BCUT2D eigenvalue weighted by atomic mass is 16.5. The van der Waals surface area contributed by atoms with Crippen molar-refractivity contribution >= 4 is 28.8 Å². The lowest BCUT2D eigenvalue weighted by Gasteiger charge is -2.21. The number of aromatic nitrogens is 1. The van der Waals surface area contributed by atoms with Crippen molar-refractivity contribution in [3.63, 3.8) is 0 Å². The van der Waals surface area contributed by atoms with E-state index in [1.807, 2.05) is 55.9 Å². The molecule has 0 bridgehead atoms. The van der Waals surface area contributed by atoms with Crippen molar-refractivity contribution in [1.82, 2.24) is 14.8 Å². The Labute approximate surface area is 176 Å². The van der Waals surface area contributed by atoms with Crippen LogP contribution in [-0.2, 0) is 11.8 Å². The van der Waals surface area contributed by atoms with E-state index in [0.29, 0.717) is 24.4 Å². The number of amides is 2. The summed E-state index contributed by atoms with van der Waals surface area (Å²) in [5, 5.41) is 3.84. The number of benzene rings is 2. The topological polar surface area (TPSA) is 63.6 Å². The number of hydrogen-bond donors (Lipinski definition) is 1. The molecule has 6 heteroatoms. The molecule has 0 fully saturated rings. The molecule has 0 radical (unpaired) electrons. The number of hydrogen-bond acceptors (Lipinski definition) is 3. The summed E-state index contributed by atoms with van der Waals surface area (Å²) in [6.07, 6.45) is 3.71. The summed E-state index contributed by atoms with van der Waals surface area (Å²) >= 11 is 0. The molecule has 156 valence electrons. The minimum absolute atomic E-state index is 0.213. The molecule has 1 heterocycles. The van der Waals surface area contributed by atoms with Crippen LogP contribution in [0.1, 0.15) is 29.8 Å². The smallest absolute Gasteiger partial charge is 0.270 e. The zero-order chi connectivity index (χ0) is 21.7. The maximum Gasteiger partial charge on any atom is 0.270 e. The molecule has 0 aliphatic rings. The number of aryl methyl sites for hydroxylation is 1. The second-order valence-electron chi connectivity index (χ2n) is 6.93. The predicted octanol–water partition coefficient (Wildman–Crippen LogP) is 3.83. The predicted molar refractivity (Wildman–Crippen MR) is 119 cm³/mol. The van der Waals surface area contributed by atoms with Gasteiger partial charge in [-0.2, -0.15) is 0 Å². The third-order valence-corrected chi connectivity index (χ3v) is 5.11. The van der Waals surface area contributed by atoms with Crippen LogP contribution >= 0.6 is 0 Å². The van der Waals surface area contributed by atoms with Gasteiger partial charge in [-0.05, 0) is 50.3 Å². The van der Waals surface area contributed by atoms with Crippen molar-refractivity contribution in [3.8, 4) is 5.75 Å². The maximum absolute atomic E-state index is 13.1. The van der Waals surface area contributed by atoms with Crippen molar-refractivity contribution in [1.29, 1.82) is 0 Å². The zero-order valence-electron chi connectivity index (χ0n) is 17.8. The average Bonchev–Trinajstić information content (AvgIpc) is 3.09. The lowest BCUT2D eigenvalue weighted by molar-refractivity contribution is -0.127. The van der Waals surface area contributed by atoms with E-state index in [1.165, 1.54) is 0 Å². The van der Waals surface area contributed by atoms with E-state index < -0.39 is 0 Å². The number of carbonyl (C=O) groups is 2. The average molecular weight is 405 g/mol. The third-order valence-electron chi connectivity index (χ3n) is 5.11. The van der Waals surface area contributed by atoms with Crippen LogP contribution in [0, 0.1) is 0 Å². The summed E-state index contributed by atoms with van der Waals surface area (Å²) in [6.45, 7) is 4.95. The molecule has 0 atom stereocenters. The minimum atomic E-state index is -0.343. The van der Waals surface area contributed by atoms with Crippen molar-refractivity contribution in [2.75, 3.05) is 20.2 Å². The fourth-order valence-electron chi connectivity index (χ4n) is 3.41.